The number of aromatic amines is 1. The van der Waals surface area contributed by atoms with Crippen molar-refractivity contribution in [3.8, 4) is 0 Å². The van der Waals surface area contributed by atoms with Crippen molar-refractivity contribution >= 4 is 39.5 Å². The Kier molecular flexibility index (Phi) is 3.91. The lowest BCUT2D eigenvalue weighted by Crippen LogP contribution is -2.67. The number of halogens is 1. The predicted octanol–water partition coefficient (Wildman–Crippen LogP) is 3.86. The van der Waals surface area contributed by atoms with Crippen LogP contribution in [-0.4, -0.2) is 42.1 Å². The average Bonchev–Trinajstić information content (AvgIpc) is 2.98. The molecule has 6 rings (SSSR count). The van der Waals surface area contributed by atoms with E-state index in [-0.39, 0.29) is 12.0 Å². The van der Waals surface area contributed by atoms with Gasteiger partial charge in [-0.1, -0.05) is 13.3 Å². The van der Waals surface area contributed by atoms with E-state index in [9.17, 15) is 4.79 Å². The van der Waals surface area contributed by atoms with Gasteiger partial charge in [0.15, 0.2) is 0 Å². The molecule has 1 saturated carbocycles. The summed E-state index contributed by atoms with van der Waals surface area (Å²) in [6.45, 7) is 4.46. The highest BCUT2D eigenvalue weighted by molar-refractivity contribution is 14.1. The third-order valence-electron chi connectivity index (χ3n) is 7.12. The van der Waals surface area contributed by atoms with Crippen LogP contribution in [0.3, 0.4) is 0 Å². The Hall–Kier alpha value is -1.08. The first-order valence-corrected chi connectivity index (χ1v) is 10.8. The zero-order valence-electron chi connectivity index (χ0n) is 15.3. The first-order chi connectivity index (χ1) is 12.6. The van der Waals surface area contributed by atoms with Crippen LogP contribution in [0, 0.1) is 15.4 Å². The molecule has 3 aliphatic heterocycles. The quantitative estimate of drug-likeness (QED) is 0.543. The number of aromatic nitrogens is 1. The van der Waals surface area contributed by atoms with E-state index < -0.39 is 5.41 Å². The smallest absolute Gasteiger partial charge is 0.319 e. The van der Waals surface area contributed by atoms with Gasteiger partial charge in [-0.05, 0) is 77.5 Å². The van der Waals surface area contributed by atoms with Crippen LogP contribution in [0.4, 0.5) is 0 Å². The molecule has 0 radical (unpaired) electrons. The number of nitrogens with one attached hydrogen (secondary N) is 1. The van der Waals surface area contributed by atoms with Crippen LogP contribution in [0.5, 0.6) is 0 Å². The number of carbonyl (C=O) groups is 1. The Bertz CT molecular complexity index is 892. The molecule has 0 amide bonds. The molecule has 138 valence electrons. The molecule has 1 aromatic heterocycles. The van der Waals surface area contributed by atoms with E-state index in [2.05, 4.69) is 57.6 Å². The van der Waals surface area contributed by atoms with Gasteiger partial charge in [-0.15, -0.1) is 0 Å². The van der Waals surface area contributed by atoms with Crippen molar-refractivity contribution in [1.82, 2.24) is 9.88 Å². The number of rotatable bonds is 2. The molecule has 0 spiro atoms. The molecule has 5 heteroatoms. The molecule has 3 fully saturated rings. The maximum atomic E-state index is 13.3. The number of H-pyrrole nitrogens is 1. The second-order valence-corrected chi connectivity index (χ2v) is 9.54. The Labute approximate surface area is 167 Å². The van der Waals surface area contributed by atoms with E-state index in [1.54, 1.807) is 7.11 Å². The lowest BCUT2D eigenvalue weighted by molar-refractivity contribution is -0.162. The van der Waals surface area contributed by atoms with Gasteiger partial charge in [0, 0.05) is 39.3 Å². The summed E-state index contributed by atoms with van der Waals surface area (Å²) in [5.41, 5.74) is 3.11. The summed E-state index contributed by atoms with van der Waals surface area (Å²) in [7, 11) is 1.56. The minimum Gasteiger partial charge on any atom is -0.468 e. The summed E-state index contributed by atoms with van der Waals surface area (Å²) in [4.78, 5) is 19.6. The molecule has 4 bridgehead atoms. The number of methoxy groups -OCH3 is 1. The molecule has 5 unspecified atom stereocenters. The molecule has 4 heterocycles. The van der Waals surface area contributed by atoms with Gasteiger partial charge in [0.1, 0.15) is 5.41 Å². The summed E-state index contributed by atoms with van der Waals surface area (Å²) < 4.78 is 6.70. The molecular weight excluding hydrogens is 439 g/mol. The topological polar surface area (TPSA) is 45.3 Å². The summed E-state index contributed by atoms with van der Waals surface area (Å²) >= 11 is 2.38. The zero-order chi connectivity index (χ0) is 18.1. The van der Waals surface area contributed by atoms with E-state index in [1.807, 2.05) is 0 Å². The molecule has 4 nitrogen and oxygen atoms in total. The van der Waals surface area contributed by atoms with Gasteiger partial charge in [0.05, 0.1) is 7.11 Å². The number of carbonyl (C=O) groups excluding carboxylic acids is 1. The van der Waals surface area contributed by atoms with Crippen molar-refractivity contribution < 1.29 is 9.53 Å². The number of hydrogen-bond acceptors (Lipinski definition) is 3. The van der Waals surface area contributed by atoms with E-state index in [1.165, 1.54) is 20.9 Å². The third-order valence-corrected chi connectivity index (χ3v) is 7.79. The molecule has 1 aliphatic carbocycles. The number of ether oxygens (including phenoxy) is 1. The van der Waals surface area contributed by atoms with Crippen LogP contribution in [-0.2, 0) is 21.4 Å². The largest absolute Gasteiger partial charge is 0.468 e. The fourth-order valence-electron chi connectivity index (χ4n) is 6.29. The minimum atomic E-state index is -0.535. The second-order valence-electron chi connectivity index (χ2n) is 8.30. The second kappa shape index (κ2) is 5.96. The van der Waals surface area contributed by atoms with Gasteiger partial charge in [-0.25, -0.2) is 0 Å². The Morgan fingerprint density at radius 3 is 3.08 bits per heavy atom. The Balaban J connectivity index is 1.81. The molecule has 5 atom stereocenters. The van der Waals surface area contributed by atoms with Gasteiger partial charge in [0.2, 0.25) is 0 Å². The van der Waals surface area contributed by atoms with Gasteiger partial charge < -0.3 is 9.72 Å². The maximum absolute atomic E-state index is 13.3. The van der Waals surface area contributed by atoms with Gasteiger partial charge >= 0.3 is 5.97 Å². The molecule has 1 aromatic carbocycles. The monoisotopic (exact) mass is 464 g/mol. The number of benzene rings is 1. The molecule has 1 N–H and O–H groups in total. The van der Waals surface area contributed by atoms with Gasteiger partial charge in [-0.2, -0.15) is 0 Å². The lowest BCUT2D eigenvalue weighted by atomic mass is 9.56. The van der Waals surface area contributed by atoms with Crippen molar-refractivity contribution in [3.63, 3.8) is 0 Å². The van der Waals surface area contributed by atoms with E-state index in [4.69, 9.17) is 4.74 Å². The van der Waals surface area contributed by atoms with E-state index >= 15 is 0 Å². The van der Waals surface area contributed by atoms with Crippen molar-refractivity contribution in [3.05, 3.63) is 33.0 Å². The zero-order valence-corrected chi connectivity index (χ0v) is 17.5. The lowest BCUT2D eigenvalue weighted by Gasteiger charge is -2.57. The van der Waals surface area contributed by atoms with Crippen molar-refractivity contribution in [2.45, 2.75) is 44.1 Å². The third kappa shape index (κ3) is 2.13. The summed E-state index contributed by atoms with van der Waals surface area (Å²) in [5.74, 6) is 1.11. The first kappa shape index (κ1) is 17.0. The minimum absolute atomic E-state index is 0.0419. The SMILES string of the molecule is CCC1CC2CN3CCc4c([nH]c5ccc(I)cc45)C(C(=O)OC)(C2)C13. The molecule has 26 heavy (non-hydrogen) atoms. The van der Waals surface area contributed by atoms with Gasteiger partial charge in [0.25, 0.3) is 0 Å². The molecule has 4 aliphatic rings. The number of fused-ring (bicyclic) bond motifs is 4. The molecular formula is C21H25IN2O2. The highest BCUT2D eigenvalue weighted by Crippen LogP contribution is 2.55. The Morgan fingerprint density at radius 1 is 1.46 bits per heavy atom. The fraction of sp³-hybridized carbons (Fsp3) is 0.571. The van der Waals surface area contributed by atoms with Crippen LogP contribution < -0.4 is 0 Å². The number of esters is 1. The molecule has 2 aromatic rings. The average molecular weight is 464 g/mol. The number of nitrogens with zero attached hydrogens (tertiary/aromatic N) is 1. The summed E-state index contributed by atoms with van der Waals surface area (Å²) in [6, 6.07) is 6.82. The van der Waals surface area contributed by atoms with Crippen molar-refractivity contribution in [2.75, 3.05) is 20.2 Å². The van der Waals surface area contributed by atoms with E-state index in [0.717, 1.165) is 43.6 Å². The normalized spacial score (nSPS) is 35.2. The number of piperidine rings is 2. The first-order valence-electron chi connectivity index (χ1n) is 9.71. The Morgan fingerprint density at radius 2 is 2.31 bits per heavy atom. The summed E-state index contributed by atoms with van der Waals surface area (Å²) in [5, 5.41) is 1.29. The maximum Gasteiger partial charge on any atom is 0.319 e. The molecule has 2 saturated heterocycles. The predicted molar refractivity (Wildman–Crippen MR) is 110 cm³/mol. The van der Waals surface area contributed by atoms with Crippen LogP contribution in [0.25, 0.3) is 10.9 Å². The standard InChI is InChI=1S/C21H25IN2O2/c1-3-13-8-12-10-21(20(25)26-2)18-15(6-7-24(11-12)19(13)21)16-9-14(22)4-5-17(16)23-18/h4-5,9,12-13,19,23H,3,6-8,10-11H2,1-2H3. The van der Waals surface area contributed by atoms with Crippen molar-refractivity contribution in [2.24, 2.45) is 11.8 Å². The van der Waals surface area contributed by atoms with Crippen LogP contribution in [0.1, 0.15) is 37.4 Å². The van der Waals surface area contributed by atoms with Gasteiger partial charge in [-0.3, -0.25) is 9.69 Å². The van der Waals surface area contributed by atoms with Crippen molar-refractivity contribution in [1.29, 1.82) is 0 Å². The van der Waals surface area contributed by atoms with Crippen LogP contribution in [0.15, 0.2) is 18.2 Å². The summed E-state index contributed by atoms with van der Waals surface area (Å²) in [6.07, 6.45) is 4.32. The van der Waals surface area contributed by atoms with E-state index in [0.29, 0.717) is 11.8 Å². The van der Waals surface area contributed by atoms with Crippen LogP contribution in [0.2, 0.25) is 0 Å². The van der Waals surface area contributed by atoms with Crippen LogP contribution >= 0.6 is 22.6 Å². The number of hydrogen-bond donors (Lipinski definition) is 1. The highest BCUT2D eigenvalue weighted by atomic mass is 127. The highest BCUT2D eigenvalue weighted by Gasteiger charge is 2.62. The fourth-order valence-corrected chi connectivity index (χ4v) is 6.78.